The minimum Gasteiger partial charge on any atom is -0.379 e. The van der Waals surface area contributed by atoms with Crippen molar-refractivity contribution in [2.24, 2.45) is 5.92 Å². The fraction of sp³-hybridized carbons (Fsp3) is 0.684. The lowest BCUT2D eigenvalue weighted by molar-refractivity contribution is 0.00790. The Balaban J connectivity index is 2.26. The summed E-state index contributed by atoms with van der Waals surface area (Å²) in [6, 6.07) is 7.18. The average molecular weight is 289 g/mol. The van der Waals surface area contributed by atoms with E-state index in [-0.39, 0.29) is 6.10 Å². The Bertz CT molecular complexity index is 417. The summed E-state index contributed by atoms with van der Waals surface area (Å²) >= 11 is 0. The second kappa shape index (κ2) is 7.95. The first-order chi connectivity index (χ1) is 10.2. The molecule has 1 aliphatic rings. The fourth-order valence-corrected chi connectivity index (χ4v) is 3.90. The zero-order valence-electron chi connectivity index (χ0n) is 14.1. The van der Waals surface area contributed by atoms with Crippen LogP contribution in [-0.4, -0.2) is 19.8 Å². The van der Waals surface area contributed by atoms with Gasteiger partial charge in [-0.15, -0.1) is 0 Å². The fourth-order valence-electron chi connectivity index (χ4n) is 3.90. The van der Waals surface area contributed by atoms with E-state index in [4.69, 9.17) is 4.74 Å². The molecule has 0 aromatic heterocycles. The average Bonchev–Trinajstić information content (AvgIpc) is 2.47. The Morgan fingerprint density at radius 2 is 1.71 bits per heavy atom. The molecule has 0 aliphatic heterocycles. The van der Waals surface area contributed by atoms with E-state index in [1.54, 1.807) is 0 Å². The predicted molar refractivity (Wildman–Crippen MR) is 89.7 cm³/mol. The van der Waals surface area contributed by atoms with E-state index in [0.717, 1.165) is 6.54 Å². The minimum absolute atomic E-state index is 0.284. The van der Waals surface area contributed by atoms with Gasteiger partial charge in [0, 0.05) is 7.11 Å². The molecule has 118 valence electrons. The molecule has 1 aromatic rings. The molecule has 2 unspecified atom stereocenters. The lowest BCUT2D eigenvalue weighted by Gasteiger charge is -2.35. The van der Waals surface area contributed by atoms with E-state index < -0.39 is 0 Å². The number of nitrogens with one attached hydrogen (secondary N) is 1. The summed E-state index contributed by atoms with van der Waals surface area (Å²) in [6.07, 6.45) is 7.01. The van der Waals surface area contributed by atoms with Crippen molar-refractivity contribution in [1.82, 2.24) is 5.32 Å². The molecule has 0 amide bonds. The van der Waals surface area contributed by atoms with Crippen molar-refractivity contribution in [3.05, 3.63) is 34.9 Å². The predicted octanol–water partition coefficient (Wildman–Crippen LogP) is 4.55. The van der Waals surface area contributed by atoms with Crippen molar-refractivity contribution >= 4 is 0 Å². The molecule has 1 saturated carbocycles. The standard InChI is InChI=1S/C19H31NO/c1-5-20-18(17-12-14(2)11-15(3)13-17)19(21-4)16-9-7-6-8-10-16/h11-13,16,18-20H,5-10H2,1-4H3. The van der Waals surface area contributed by atoms with Crippen molar-refractivity contribution in [1.29, 1.82) is 0 Å². The lowest BCUT2D eigenvalue weighted by Crippen LogP contribution is -2.39. The molecule has 0 radical (unpaired) electrons. The summed E-state index contributed by atoms with van der Waals surface area (Å²) in [4.78, 5) is 0. The van der Waals surface area contributed by atoms with Crippen LogP contribution in [0.25, 0.3) is 0 Å². The molecule has 1 aliphatic carbocycles. The number of methoxy groups -OCH3 is 1. The van der Waals surface area contributed by atoms with Crippen molar-refractivity contribution < 1.29 is 4.74 Å². The maximum absolute atomic E-state index is 5.98. The minimum atomic E-state index is 0.284. The Hall–Kier alpha value is -0.860. The van der Waals surface area contributed by atoms with Crippen LogP contribution in [0.15, 0.2) is 18.2 Å². The van der Waals surface area contributed by atoms with Crippen LogP contribution < -0.4 is 5.32 Å². The van der Waals surface area contributed by atoms with E-state index in [2.05, 4.69) is 44.3 Å². The summed E-state index contributed by atoms with van der Waals surface area (Å²) in [6.45, 7) is 7.53. The molecule has 1 aromatic carbocycles. The van der Waals surface area contributed by atoms with Crippen LogP contribution in [0.3, 0.4) is 0 Å². The van der Waals surface area contributed by atoms with Crippen LogP contribution in [0, 0.1) is 19.8 Å². The first-order valence-electron chi connectivity index (χ1n) is 8.50. The Kier molecular flexibility index (Phi) is 6.25. The van der Waals surface area contributed by atoms with Gasteiger partial charge < -0.3 is 10.1 Å². The molecule has 1 N–H and O–H groups in total. The number of rotatable bonds is 6. The lowest BCUT2D eigenvalue weighted by atomic mass is 9.80. The first kappa shape index (κ1) is 16.5. The van der Waals surface area contributed by atoms with Crippen LogP contribution in [-0.2, 0) is 4.74 Å². The van der Waals surface area contributed by atoms with Gasteiger partial charge in [-0.2, -0.15) is 0 Å². The van der Waals surface area contributed by atoms with E-state index >= 15 is 0 Å². The van der Waals surface area contributed by atoms with E-state index in [0.29, 0.717) is 12.0 Å². The van der Waals surface area contributed by atoms with Gasteiger partial charge in [0.25, 0.3) is 0 Å². The molecule has 0 saturated heterocycles. The summed E-state index contributed by atoms with van der Waals surface area (Å²) in [5.41, 5.74) is 4.06. The molecule has 0 heterocycles. The highest BCUT2D eigenvalue weighted by Crippen LogP contribution is 2.34. The van der Waals surface area contributed by atoms with Crippen molar-refractivity contribution in [3.8, 4) is 0 Å². The van der Waals surface area contributed by atoms with Gasteiger partial charge in [0.2, 0.25) is 0 Å². The van der Waals surface area contributed by atoms with Gasteiger partial charge in [-0.25, -0.2) is 0 Å². The van der Waals surface area contributed by atoms with Gasteiger partial charge in [0.05, 0.1) is 12.1 Å². The number of hydrogen-bond donors (Lipinski definition) is 1. The van der Waals surface area contributed by atoms with Gasteiger partial charge in [-0.3, -0.25) is 0 Å². The summed E-state index contributed by atoms with van der Waals surface area (Å²) in [7, 11) is 1.88. The Labute approximate surface area is 130 Å². The second-order valence-electron chi connectivity index (χ2n) is 6.55. The monoisotopic (exact) mass is 289 g/mol. The van der Waals surface area contributed by atoms with Gasteiger partial charge in [-0.1, -0.05) is 55.5 Å². The third kappa shape index (κ3) is 4.31. The molecular formula is C19H31NO. The van der Waals surface area contributed by atoms with Crippen LogP contribution in [0.1, 0.15) is 61.8 Å². The van der Waals surface area contributed by atoms with Crippen LogP contribution in [0.5, 0.6) is 0 Å². The maximum atomic E-state index is 5.98. The SMILES string of the molecule is CCNC(c1cc(C)cc(C)c1)C(OC)C1CCCCC1. The Morgan fingerprint density at radius 1 is 1.10 bits per heavy atom. The summed E-state index contributed by atoms with van der Waals surface area (Å²) < 4.78 is 5.98. The van der Waals surface area contributed by atoms with Crippen molar-refractivity contribution in [2.75, 3.05) is 13.7 Å². The zero-order chi connectivity index (χ0) is 15.2. The highest BCUT2D eigenvalue weighted by molar-refractivity contribution is 5.31. The smallest absolute Gasteiger partial charge is 0.0794 e. The molecule has 2 atom stereocenters. The number of ether oxygens (including phenoxy) is 1. The second-order valence-corrected chi connectivity index (χ2v) is 6.55. The molecule has 2 rings (SSSR count). The van der Waals surface area contributed by atoms with Crippen LogP contribution in [0.4, 0.5) is 0 Å². The van der Waals surface area contributed by atoms with E-state index in [9.17, 15) is 0 Å². The third-order valence-corrected chi connectivity index (χ3v) is 4.74. The molecular weight excluding hydrogens is 258 g/mol. The third-order valence-electron chi connectivity index (χ3n) is 4.74. The Morgan fingerprint density at radius 3 is 2.24 bits per heavy atom. The number of benzene rings is 1. The molecule has 1 fully saturated rings. The molecule has 2 heteroatoms. The summed E-state index contributed by atoms with van der Waals surface area (Å²) in [5, 5.41) is 3.68. The highest BCUT2D eigenvalue weighted by atomic mass is 16.5. The summed E-state index contributed by atoms with van der Waals surface area (Å²) in [5.74, 6) is 0.689. The van der Waals surface area contributed by atoms with Crippen molar-refractivity contribution in [2.45, 2.75) is 65.0 Å². The highest BCUT2D eigenvalue weighted by Gasteiger charge is 2.31. The largest absolute Gasteiger partial charge is 0.379 e. The number of aryl methyl sites for hydroxylation is 2. The topological polar surface area (TPSA) is 21.3 Å². The van der Waals surface area contributed by atoms with Gasteiger partial charge in [-0.05, 0) is 44.7 Å². The maximum Gasteiger partial charge on any atom is 0.0794 e. The van der Waals surface area contributed by atoms with Gasteiger partial charge >= 0.3 is 0 Å². The number of likely N-dealkylation sites (N-methyl/N-ethyl adjacent to an activating group) is 1. The van der Waals surface area contributed by atoms with Crippen LogP contribution >= 0.6 is 0 Å². The van der Waals surface area contributed by atoms with E-state index in [1.807, 2.05) is 7.11 Å². The van der Waals surface area contributed by atoms with Gasteiger partial charge in [0.15, 0.2) is 0 Å². The molecule has 2 nitrogen and oxygen atoms in total. The molecule has 0 spiro atoms. The zero-order valence-corrected chi connectivity index (χ0v) is 14.1. The van der Waals surface area contributed by atoms with Crippen LogP contribution in [0.2, 0.25) is 0 Å². The number of hydrogen-bond acceptors (Lipinski definition) is 2. The molecule has 0 bridgehead atoms. The molecule has 21 heavy (non-hydrogen) atoms. The normalized spacial score (nSPS) is 19.4. The van der Waals surface area contributed by atoms with Crippen molar-refractivity contribution in [3.63, 3.8) is 0 Å². The quantitative estimate of drug-likeness (QED) is 0.829. The first-order valence-corrected chi connectivity index (χ1v) is 8.50. The van der Waals surface area contributed by atoms with E-state index in [1.165, 1.54) is 48.8 Å². The van der Waals surface area contributed by atoms with Gasteiger partial charge in [0.1, 0.15) is 0 Å².